The summed E-state index contributed by atoms with van der Waals surface area (Å²) in [5.74, 6) is -11.1. The van der Waals surface area contributed by atoms with Crippen molar-refractivity contribution in [1.29, 1.82) is 0 Å². The zero-order valence-corrected chi connectivity index (χ0v) is 40.5. The van der Waals surface area contributed by atoms with E-state index in [0.717, 1.165) is 21.6 Å². The fraction of sp³-hybridized carbons (Fsp3) is 0.442. The fourth-order valence-electron chi connectivity index (χ4n) is 6.57. The molecule has 0 saturated carbocycles. The maximum absolute atomic E-state index is 14.2. The molecule has 0 aromatic heterocycles. The number of aromatic hydroxyl groups is 1. The number of phenols is 1. The van der Waals surface area contributed by atoms with Gasteiger partial charge in [0.05, 0.1) is 25.6 Å². The van der Waals surface area contributed by atoms with Gasteiger partial charge in [0.25, 0.3) is 0 Å². The highest BCUT2D eigenvalue weighted by Gasteiger charge is 2.35. The third kappa shape index (κ3) is 22.0. The van der Waals surface area contributed by atoms with Crippen molar-refractivity contribution in [3.8, 4) is 5.75 Å². The second-order valence-corrected chi connectivity index (χ2v) is 18.7. The predicted molar refractivity (Wildman–Crippen MR) is 264 cm³/mol. The summed E-state index contributed by atoms with van der Waals surface area (Å²) in [6, 6.07) is 3.84. The molecular weight excluding hydrogens is 983 g/mol. The van der Waals surface area contributed by atoms with Gasteiger partial charge in [0.15, 0.2) is 5.96 Å². The molecule has 21 N–H and O–H groups in total. The van der Waals surface area contributed by atoms with Crippen molar-refractivity contribution in [1.82, 2.24) is 42.5 Å². The van der Waals surface area contributed by atoms with Crippen LogP contribution in [0.2, 0.25) is 0 Å². The number of nitrogens with two attached hydrogens (primary N) is 6. The van der Waals surface area contributed by atoms with E-state index < -0.39 is 140 Å². The molecule has 1 aliphatic heterocycles. The predicted octanol–water partition coefficient (Wildman–Crippen LogP) is -6.28. The van der Waals surface area contributed by atoms with Gasteiger partial charge in [-0.1, -0.05) is 64.1 Å². The SMILES string of the molecule is NC(=O)CC[C@H]1NC(=O)[C@H](Cc2ccccc2)NC(=O)[C@@H](Cc2ccc(O)cc2)NC(=O)[C@H](N)CSSC[C@@H](C(=O)NCC(=O)N[C@@H](CCCN=C(N)N)C(=O)NCC(N)=O)NC(=O)[C@H](CC(N)=O)NC1=O. The van der Waals surface area contributed by atoms with Gasteiger partial charge in [-0.25, -0.2) is 0 Å². The smallest absolute Gasteiger partial charge is 0.243 e. The van der Waals surface area contributed by atoms with Crippen molar-refractivity contribution in [3.63, 3.8) is 0 Å². The van der Waals surface area contributed by atoms with Gasteiger partial charge in [-0.3, -0.25) is 57.7 Å². The van der Waals surface area contributed by atoms with Gasteiger partial charge in [-0.15, -0.1) is 0 Å². The third-order valence-corrected chi connectivity index (χ3v) is 12.7. The van der Waals surface area contributed by atoms with Crippen LogP contribution in [0.4, 0.5) is 0 Å². The average molecular weight is 1040 g/mol. The maximum Gasteiger partial charge on any atom is 0.243 e. The Kier molecular flexibility index (Phi) is 24.6. The van der Waals surface area contributed by atoms with Crippen molar-refractivity contribution < 1.29 is 57.8 Å². The van der Waals surface area contributed by atoms with E-state index in [1.165, 1.54) is 24.3 Å². The zero-order valence-electron chi connectivity index (χ0n) is 38.9. The Balaban J connectivity index is 1.99. The van der Waals surface area contributed by atoms with Crippen LogP contribution in [0, 0.1) is 0 Å². The first-order valence-corrected chi connectivity index (χ1v) is 24.7. The van der Waals surface area contributed by atoms with Gasteiger partial charge in [0, 0.05) is 37.3 Å². The minimum atomic E-state index is -1.80. The van der Waals surface area contributed by atoms with E-state index >= 15 is 0 Å². The number of benzene rings is 2. The summed E-state index contributed by atoms with van der Waals surface area (Å²) in [6.07, 6.45) is -1.87. The number of carbonyl (C=O) groups excluding carboxylic acids is 11. The number of aliphatic imine (C=N–C) groups is 1. The number of guanidine groups is 1. The molecule has 392 valence electrons. The molecule has 0 bridgehead atoms. The molecule has 3 rings (SSSR count). The van der Waals surface area contributed by atoms with Crippen molar-refractivity contribution in [2.24, 2.45) is 39.4 Å². The highest BCUT2D eigenvalue weighted by atomic mass is 33.1. The van der Waals surface area contributed by atoms with E-state index in [1.54, 1.807) is 30.3 Å². The Morgan fingerprint density at radius 2 is 1.21 bits per heavy atom. The molecule has 72 heavy (non-hydrogen) atoms. The largest absolute Gasteiger partial charge is 0.508 e. The number of nitrogens with one attached hydrogen (secondary N) is 8. The van der Waals surface area contributed by atoms with Gasteiger partial charge < -0.3 is 82.0 Å². The van der Waals surface area contributed by atoms with Crippen LogP contribution in [-0.4, -0.2) is 149 Å². The van der Waals surface area contributed by atoms with Crippen LogP contribution in [0.25, 0.3) is 0 Å². The molecule has 7 atom stereocenters. The normalized spacial score (nSPS) is 20.8. The topological polar surface area (TPSA) is 473 Å². The first-order valence-electron chi connectivity index (χ1n) is 22.2. The second-order valence-electron chi connectivity index (χ2n) is 16.2. The van der Waals surface area contributed by atoms with Crippen LogP contribution in [0.15, 0.2) is 59.6 Å². The van der Waals surface area contributed by atoms with Crippen molar-refractivity contribution in [2.75, 3.05) is 31.1 Å². The van der Waals surface area contributed by atoms with Crippen molar-refractivity contribution >= 4 is 92.5 Å². The van der Waals surface area contributed by atoms with E-state index in [0.29, 0.717) is 11.1 Å². The van der Waals surface area contributed by atoms with Gasteiger partial charge in [0.1, 0.15) is 42.0 Å². The number of primary amides is 3. The molecule has 29 heteroatoms. The fourth-order valence-corrected chi connectivity index (χ4v) is 8.86. The summed E-state index contributed by atoms with van der Waals surface area (Å²) in [6.45, 7) is -1.24. The van der Waals surface area contributed by atoms with Gasteiger partial charge in [-0.05, 0) is 42.5 Å². The molecule has 2 aromatic carbocycles. The molecule has 2 aromatic rings. The number of amides is 11. The minimum absolute atomic E-state index is 0.0195. The summed E-state index contributed by atoms with van der Waals surface area (Å²) >= 11 is 0. The lowest BCUT2D eigenvalue weighted by Gasteiger charge is -2.27. The number of carbonyl (C=O) groups is 11. The Morgan fingerprint density at radius 1 is 0.653 bits per heavy atom. The number of hydrogen-bond acceptors (Lipinski definition) is 16. The van der Waals surface area contributed by atoms with Crippen LogP contribution in [0.3, 0.4) is 0 Å². The minimum Gasteiger partial charge on any atom is -0.508 e. The first-order chi connectivity index (χ1) is 34.1. The van der Waals surface area contributed by atoms with Crippen LogP contribution >= 0.6 is 21.6 Å². The van der Waals surface area contributed by atoms with Crippen LogP contribution in [-0.2, 0) is 65.6 Å². The Labute approximate surface area is 420 Å². The molecule has 1 aliphatic rings. The molecule has 0 aliphatic carbocycles. The monoisotopic (exact) mass is 1040 g/mol. The highest BCUT2D eigenvalue weighted by Crippen LogP contribution is 2.23. The number of phenolic OH excluding ortho intramolecular Hbond substituents is 1. The van der Waals surface area contributed by atoms with Gasteiger partial charge in [0.2, 0.25) is 65.0 Å². The molecular formula is C43H61N15O12S2. The summed E-state index contributed by atoms with van der Waals surface area (Å²) in [5, 5.41) is 29.4. The van der Waals surface area contributed by atoms with E-state index in [9.17, 15) is 57.8 Å². The summed E-state index contributed by atoms with van der Waals surface area (Å²) in [5.41, 5.74) is 34.0. The maximum atomic E-state index is 14.2. The van der Waals surface area contributed by atoms with Crippen LogP contribution < -0.4 is 76.9 Å². The van der Waals surface area contributed by atoms with Crippen LogP contribution in [0.5, 0.6) is 5.75 Å². The molecule has 1 saturated heterocycles. The lowest BCUT2D eigenvalue weighted by molar-refractivity contribution is -0.136. The molecule has 0 spiro atoms. The number of hydrogen-bond donors (Lipinski definition) is 15. The van der Waals surface area contributed by atoms with E-state index in [-0.39, 0.29) is 55.4 Å². The quantitative estimate of drug-likeness (QED) is 0.0254. The Hall–Kier alpha value is -7.66. The lowest BCUT2D eigenvalue weighted by atomic mass is 10.0. The zero-order chi connectivity index (χ0) is 53.3. The molecule has 0 radical (unpaired) electrons. The van der Waals surface area contributed by atoms with Gasteiger partial charge >= 0.3 is 0 Å². The molecule has 27 nitrogen and oxygen atoms in total. The van der Waals surface area contributed by atoms with Crippen molar-refractivity contribution in [3.05, 3.63) is 65.7 Å². The summed E-state index contributed by atoms with van der Waals surface area (Å²) < 4.78 is 0. The second kappa shape index (κ2) is 30.2. The number of rotatable bonds is 20. The molecule has 1 heterocycles. The van der Waals surface area contributed by atoms with Crippen molar-refractivity contribution in [2.45, 2.75) is 87.2 Å². The Morgan fingerprint density at radius 3 is 1.81 bits per heavy atom. The van der Waals surface area contributed by atoms with E-state index in [4.69, 9.17) is 34.4 Å². The average Bonchev–Trinajstić information content (AvgIpc) is 3.32. The molecule has 0 unspecified atom stereocenters. The lowest BCUT2D eigenvalue weighted by Crippen LogP contribution is -2.60. The first kappa shape index (κ1) is 58.7. The highest BCUT2D eigenvalue weighted by molar-refractivity contribution is 8.76. The van der Waals surface area contributed by atoms with Gasteiger partial charge in [-0.2, -0.15) is 0 Å². The summed E-state index contributed by atoms with van der Waals surface area (Å²) in [4.78, 5) is 149. The van der Waals surface area contributed by atoms with Crippen LogP contribution in [0.1, 0.15) is 43.2 Å². The molecule has 11 amide bonds. The standard InChI is InChI=1S/C43H61N15O12S2/c44-25-20-71-72-21-31(38(66)52-19-35(63)53-26(7-4-14-50-43(48)49)37(65)51-18-34(47)62)58-42(70)30(17-33(46)61)57-39(67)27(12-13-32(45)60)54-40(68)29(15-22-5-2-1-3-6-22)56-41(69)28(55-36(25)64)16-23-8-10-24(59)11-9-23/h1-3,5-6,8-11,25-31,59H,4,7,12-21,44H2,(H2,45,60)(H2,46,61)(H2,47,62)(H,51,65)(H,52,66)(H,53,63)(H,54,68)(H,55,64)(H,56,69)(H,57,67)(H,58,70)(H4,48,49,50)/t25-,26+,27-,28-,29+,30+,31+/m1/s1. The van der Waals surface area contributed by atoms with E-state index in [1.807, 2.05) is 0 Å². The third-order valence-electron chi connectivity index (χ3n) is 10.3. The Bertz CT molecular complexity index is 2290. The number of nitrogens with zero attached hydrogens (tertiary/aromatic N) is 1. The molecule has 1 fully saturated rings. The van der Waals surface area contributed by atoms with E-state index in [2.05, 4.69) is 47.5 Å². The summed E-state index contributed by atoms with van der Waals surface area (Å²) in [7, 11) is 1.91.